The standard InChI is InChI=1S/C16H28N2O3/c1-16(2,11-6-5-9-17-10-11)15(21)18-13-8-4-3-7-12(13)14(19)20/h11-13,17H,3-10H2,1-2H3,(H,18,21)(H,19,20). The van der Waals surface area contributed by atoms with Crippen molar-refractivity contribution in [3.8, 4) is 0 Å². The van der Waals surface area contributed by atoms with Gasteiger partial charge in [0.05, 0.1) is 5.92 Å². The number of rotatable bonds is 4. The fourth-order valence-electron chi connectivity index (χ4n) is 3.61. The molecule has 0 radical (unpaired) electrons. The third-order valence-electron chi connectivity index (χ3n) is 5.30. The summed E-state index contributed by atoms with van der Waals surface area (Å²) in [4.78, 5) is 24.0. The Hall–Kier alpha value is -1.10. The molecule has 1 heterocycles. The van der Waals surface area contributed by atoms with E-state index in [0.29, 0.717) is 12.3 Å². The molecule has 0 spiro atoms. The predicted octanol–water partition coefficient (Wildman–Crippen LogP) is 1.77. The molecule has 1 amide bonds. The maximum absolute atomic E-state index is 12.7. The van der Waals surface area contributed by atoms with E-state index >= 15 is 0 Å². The summed E-state index contributed by atoms with van der Waals surface area (Å²) in [5.41, 5.74) is -0.450. The van der Waals surface area contributed by atoms with Gasteiger partial charge in [-0.05, 0) is 44.7 Å². The predicted molar refractivity (Wildman–Crippen MR) is 80.9 cm³/mol. The van der Waals surface area contributed by atoms with Crippen LogP contribution in [-0.4, -0.2) is 36.1 Å². The Bertz CT molecular complexity index is 389. The lowest BCUT2D eigenvalue weighted by molar-refractivity contribution is -0.145. The van der Waals surface area contributed by atoms with E-state index < -0.39 is 17.3 Å². The first-order valence-corrected chi connectivity index (χ1v) is 8.17. The highest BCUT2D eigenvalue weighted by molar-refractivity contribution is 5.83. The van der Waals surface area contributed by atoms with Crippen LogP contribution in [-0.2, 0) is 9.59 Å². The van der Waals surface area contributed by atoms with Crippen molar-refractivity contribution in [1.29, 1.82) is 0 Å². The van der Waals surface area contributed by atoms with Gasteiger partial charge in [-0.2, -0.15) is 0 Å². The van der Waals surface area contributed by atoms with E-state index in [9.17, 15) is 14.7 Å². The zero-order chi connectivity index (χ0) is 15.5. The van der Waals surface area contributed by atoms with Crippen LogP contribution in [0.25, 0.3) is 0 Å². The highest BCUT2D eigenvalue weighted by Crippen LogP contribution is 2.33. The quantitative estimate of drug-likeness (QED) is 0.739. The van der Waals surface area contributed by atoms with Crippen LogP contribution in [0.1, 0.15) is 52.4 Å². The molecule has 3 unspecified atom stereocenters. The molecule has 1 aliphatic heterocycles. The van der Waals surface area contributed by atoms with Gasteiger partial charge in [-0.25, -0.2) is 0 Å². The topological polar surface area (TPSA) is 78.4 Å². The summed E-state index contributed by atoms with van der Waals surface area (Å²) in [7, 11) is 0. The number of hydrogen-bond acceptors (Lipinski definition) is 3. The van der Waals surface area contributed by atoms with Crippen molar-refractivity contribution < 1.29 is 14.7 Å². The number of carboxylic acid groups (broad SMARTS) is 1. The molecule has 2 rings (SSSR count). The number of hydrogen-bond donors (Lipinski definition) is 3. The lowest BCUT2D eigenvalue weighted by Gasteiger charge is -2.38. The van der Waals surface area contributed by atoms with E-state index in [4.69, 9.17) is 0 Å². The van der Waals surface area contributed by atoms with Crippen LogP contribution in [0.5, 0.6) is 0 Å². The van der Waals surface area contributed by atoms with Crippen LogP contribution in [0.4, 0.5) is 0 Å². The smallest absolute Gasteiger partial charge is 0.308 e. The minimum Gasteiger partial charge on any atom is -0.481 e. The molecule has 0 aromatic carbocycles. The van der Waals surface area contributed by atoms with Crippen molar-refractivity contribution >= 4 is 11.9 Å². The van der Waals surface area contributed by atoms with E-state index in [2.05, 4.69) is 10.6 Å². The molecule has 21 heavy (non-hydrogen) atoms. The lowest BCUT2D eigenvalue weighted by atomic mass is 9.73. The number of aliphatic carboxylic acids is 1. The Morgan fingerprint density at radius 3 is 2.48 bits per heavy atom. The third kappa shape index (κ3) is 3.76. The molecule has 2 fully saturated rings. The lowest BCUT2D eigenvalue weighted by Crippen LogP contribution is -2.53. The monoisotopic (exact) mass is 296 g/mol. The molecule has 1 aliphatic carbocycles. The summed E-state index contributed by atoms with van der Waals surface area (Å²) >= 11 is 0. The van der Waals surface area contributed by atoms with E-state index in [0.717, 1.165) is 45.2 Å². The van der Waals surface area contributed by atoms with E-state index in [1.54, 1.807) is 0 Å². The minimum atomic E-state index is -0.780. The van der Waals surface area contributed by atoms with Gasteiger partial charge in [0.25, 0.3) is 0 Å². The second kappa shape index (κ2) is 6.77. The second-order valence-corrected chi connectivity index (χ2v) is 7.07. The number of amides is 1. The second-order valence-electron chi connectivity index (χ2n) is 7.07. The van der Waals surface area contributed by atoms with Gasteiger partial charge in [0.2, 0.25) is 5.91 Å². The molecular formula is C16H28N2O3. The zero-order valence-electron chi connectivity index (χ0n) is 13.2. The van der Waals surface area contributed by atoms with Gasteiger partial charge >= 0.3 is 5.97 Å². The van der Waals surface area contributed by atoms with Crippen LogP contribution in [0, 0.1) is 17.3 Å². The number of nitrogens with one attached hydrogen (secondary N) is 2. The minimum absolute atomic E-state index is 0.00866. The number of carbonyl (C=O) groups is 2. The first-order valence-electron chi connectivity index (χ1n) is 8.17. The highest BCUT2D eigenvalue weighted by Gasteiger charge is 2.40. The van der Waals surface area contributed by atoms with Crippen LogP contribution in [0.2, 0.25) is 0 Å². The van der Waals surface area contributed by atoms with E-state index in [1.807, 2.05) is 13.8 Å². The molecule has 0 aromatic heterocycles. The van der Waals surface area contributed by atoms with Crippen molar-refractivity contribution in [3.05, 3.63) is 0 Å². The average molecular weight is 296 g/mol. The highest BCUT2D eigenvalue weighted by atomic mass is 16.4. The van der Waals surface area contributed by atoms with Crippen LogP contribution < -0.4 is 10.6 Å². The van der Waals surface area contributed by atoms with Gasteiger partial charge in [-0.15, -0.1) is 0 Å². The SMILES string of the molecule is CC(C)(C(=O)NC1CCCCC1C(=O)O)C1CCCNC1. The van der Waals surface area contributed by atoms with Gasteiger partial charge in [0, 0.05) is 11.5 Å². The molecule has 5 heteroatoms. The van der Waals surface area contributed by atoms with Crippen molar-refractivity contribution in [2.75, 3.05) is 13.1 Å². The number of carboxylic acids is 1. The Labute approximate surface area is 126 Å². The number of carbonyl (C=O) groups excluding carboxylic acids is 1. The Kier molecular flexibility index (Phi) is 5.25. The zero-order valence-corrected chi connectivity index (χ0v) is 13.2. The summed E-state index contributed by atoms with van der Waals surface area (Å²) in [5.74, 6) is -0.882. The maximum atomic E-state index is 12.7. The fourth-order valence-corrected chi connectivity index (χ4v) is 3.61. The Morgan fingerprint density at radius 1 is 1.14 bits per heavy atom. The molecule has 5 nitrogen and oxygen atoms in total. The van der Waals surface area contributed by atoms with Crippen molar-refractivity contribution in [1.82, 2.24) is 10.6 Å². The van der Waals surface area contributed by atoms with Gasteiger partial charge in [0.1, 0.15) is 0 Å². The van der Waals surface area contributed by atoms with Gasteiger partial charge in [-0.1, -0.05) is 26.7 Å². The molecule has 3 N–H and O–H groups in total. The maximum Gasteiger partial charge on any atom is 0.308 e. The van der Waals surface area contributed by atoms with Crippen molar-refractivity contribution in [2.24, 2.45) is 17.3 Å². The molecule has 1 saturated heterocycles. The van der Waals surface area contributed by atoms with Crippen LogP contribution >= 0.6 is 0 Å². The summed E-state index contributed by atoms with van der Waals surface area (Å²) in [6.07, 6.45) is 5.55. The average Bonchev–Trinajstić information content (AvgIpc) is 2.48. The largest absolute Gasteiger partial charge is 0.481 e. The molecule has 1 saturated carbocycles. The van der Waals surface area contributed by atoms with Crippen molar-refractivity contribution in [3.63, 3.8) is 0 Å². The molecule has 120 valence electrons. The molecule has 0 aromatic rings. The van der Waals surface area contributed by atoms with E-state index in [1.165, 1.54) is 0 Å². The van der Waals surface area contributed by atoms with Crippen LogP contribution in [0.15, 0.2) is 0 Å². The Morgan fingerprint density at radius 2 is 1.86 bits per heavy atom. The van der Waals surface area contributed by atoms with Crippen LogP contribution in [0.3, 0.4) is 0 Å². The van der Waals surface area contributed by atoms with Gasteiger partial charge < -0.3 is 15.7 Å². The molecule has 3 atom stereocenters. The first-order chi connectivity index (χ1) is 9.93. The molecular weight excluding hydrogens is 268 g/mol. The third-order valence-corrected chi connectivity index (χ3v) is 5.30. The number of piperidine rings is 1. The summed E-state index contributed by atoms with van der Waals surface area (Å²) in [6.45, 7) is 5.86. The normalized spacial score (nSPS) is 30.7. The van der Waals surface area contributed by atoms with Crippen molar-refractivity contribution in [2.45, 2.75) is 58.4 Å². The van der Waals surface area contributed by atoms with E-state index in [-0.39, 0.29) is 11.9 Å². The first kappa shape index (κ1) is 16.3. The van der Waals surface area contributed by atoms with Gasteiger partial charge in [-0.3, -0.25) is 9.59 Å². The fraction of sp³-hybridized carbons (Fsp3) is 0.875. The molecule has 0 bridgehead atoms. The molecule has 2 aliphatic rings. The summed E-state index contributed by atoms with van der Waals surface area (Å²) < 4.78 is 0. The summed E-state index contributed by atoms with van der Waals surface area (Å²) in [6, 6.07) is -0.209. The van der Waals surface area contributed by atoms with Gasteiger partial charge in [0.15, 0.2) is 0 Å². The Balaban J connectivity index is 1.99. The summed E-state index contributed by atoms with van der Waals surface area (Å²) in [5, 5.41) is 15.7.